The zero-order valence-corrected chi connectivity index (χ0v) is 12.4. The van der Waals surface area contributed by atoms with Gasteiger partial charge in [-0.25, -0.2) is 0 Å². The maximum atomic E-state index is 12.3. The van der Waals surface area contributed by atoms with Crippen molar-refractivity contribution in [1.82, 2.24) is 4.98 Å². The standard InChI is InChI=1S/C14H15ClN2OS/c1-9-7-17-13(10(2)14(9)16)8-19(18)12-5-3-11(15)4-6-12/h3-7H,8H2,1-2H3,(H2,16,17). The second kappa shape index (κ2) is 5.72. The van der Waals surface area contributed by atoms with Crippen LogP contribution in [0.4, 0.5) is 5.69 Å². The van der Waals surface area contributed by atoms with Gasteiger partial charge in [-0.2, -0.15) is 0 Å². The van der Waals surface area contributed by atoms with Gasteiger partial charge in [0.2, 0.25) is 0 Å². The van der Waals surface area contributed by atoms with E-state index in [2.05, 4.69) is 4.98 Å². The van der Waals surface area contributed by atoms with Crippen LogP contribution in [-0.2, 0) is 16.6 Å². The van der Waals surface area contributed by atoms with Gasteiger partial charge in [-0.3, -0.25) is 9.19 Å². The Kier molecular flexibility index (Phi) is 4.22. The average molecular weight is 295 g/mol. The number of aromatic nitrogens is 1. The van der Waals surface area contributed by atoms with Crippen LogP contribution in [0, 0.1) is 13.8 Å². The molecule has 1 aromatic heterocycles. The third-order valence-electron chi connectivity index (χ3n) is 3.02. The molecular formula is C14H15ClN2OS. The lowest BCUT2D eigenvalue weighted by molar-refractivity contribution is 0.682. The molecule has 0 saturated carbocycles. The summed E-state index contributed by atoms with van der Waals surface area (Å²) in [6.45, 7) is 3.82. The monoisotopic (exact) mass is 294 g/mol. The minimum Gasteiger partial charge on any atom is -0.398 e. The van der Waals surface area contributed by atoms with Crippen LogP contribution in [0.3, 0.4) is 0 Å². The summed E-state index contributed by atoms with van der Waals surface area (Å²) in [5.74, 6) is 0.359. The van der Waals surface area contributed by atoms with Gasteiger partial charge in [0, 0.05) is 21.8 Å². The first-order chi connectivity index (χ1) is 8.99. The Morgan fingerprint density at radius 1 is 1.26 bits per heavy atom. The van der Waals surface area contributed by atoms with Crippen LogP contribution >= 0.6 is 11.6 Å². The molecule has 19 heavy (non-hydrogen) atoms. The van der Waals surface area contributed by atoms with Crippen LogP contribution in [0.5, 0.6) is 0 Å². The van der Waals surface area contributed by atoms with Gasteiger partial charge in [0.15, 0.2) is 0 Å². The fourth-order valence-corrected chi connectivity index (χ4v) is 3.00. The van der Waals surface area contributed by atoms with Gasteiger partial charge in [0.1, 0.15) is 0 Å². The van der Waals surface area contributed by atoms with Crippen molar-refractivity contribution in [2.24, 2.45) is 0 Å². The summed E-state index contributed by atoms with van der Waals surface area (Å²) in [5.41, 5.74) is 9.30. The zero-order chi connectivity index (χ0) is 14.0. The van der Waals surface area contributed by atoms with Crippen molar-refractivity contribution < 1.29 is 4.21 Å². The van der Waals surface area contributed by atoms with Gasteiger partial charge in [0.25, 0.3) is 0 Å². The third-order valence-corrected chi connectivity index (χ3v) is 4.61. The minimum absolute atomic E-state index is 0.359. The summed E-state index contributed by atoms with van der Waals surface area (Å²) in [7, 11) is -1.14. The van der Waals surface area contributed by atoms with Crippen molar-refractivity contribution in [3.8, 4) is 0 Å². The molecule has 0 bridgehead atoms. The molecule has 5 heteroatoms. The molecule has 100 valence electrons. The number of pyridine rings is 1. The Morgan fingerprint density at radius 3 is 2.53 bits per heavy atom. The van der Waals surface area contributed by atoms with E-state index in [-0.39, 0.29) is 0 Å². The highest BCUT2D eigenvalue weighted by atomic mass is 35.5. The molecule has 0 amide bonds. The molecule has 2 aromatic rings. The Bertz CT molecular complexity index is 626. The van der Waals surface area contributed by atoms with Crippen LogP contribution in [0.15, 0.2) is 35.4 Å². The molecule has 0 spiro atoms. The molecule has 1 atom stereocenters. The van der Waals surface area contributed by atoms with Crippen LogP contribution in [0.1, 0.15) is 16.8 Å². The van der Waals surface area contributed by atoms with Crippen molar-refractivity contribution in [2.75, 3.05) is 5.73 Å². The van der Waals surface area contributed by atoms with Gasteiger partial charge < -0.3 is 5.73 Å². The number of rotatable bonds is 3. The van der Waals surface area contributed by atoms with Crippen molar-refractivity contribution >= 4 is 28.1 Å². The number of hydrogen-bond donors (Lipinski definition) is 1. The van der Waals surface area contributed by atoms with Crippen LogP contribution in [0.2, 0.25) is 5.02 Å². The smallest absolute Gasteiger partial charge is 0.0709 e. The Balaban J connectivity index is 2.24. The second-order valence-electron chi connectivity index (χ2n) is 4.37. The third kappa shape index (κ3) is 3.14. The predicted octanol–water partition coefficient (Wildman–Crippen LogP) is 3.24. The number of benzene rings is 1. The number of aryl methyl sites for hydroxylation is 1. The highest BCUT2D eigenvalue weighted by Gasteiger charge is 2.11. The summed E-state index contributed by atoms with van der Waals surface area (Å²) >= 11 is 5.81. The largest absolute Gasteiger partial charge is 0.398 e. The number of halogens is 1. The van der Waals surface area contributed by atoms with E-state index in [0.29, 0.717) is 10.8 Å². The summed E-state index contributed by atoms with van der Waals surface area (Å²) in [6.07, 6.45) is 1.72. The molecule has 2 N–H and O–H groups in total. The lowest BCUT2D eigenvalue weighted by Gasteiger charge is -2.09. The highest BCUT2D eigenvalue weighted by molar-refractivity contribution is 7.84. The molecule has 0 radical (unpaired) electrons. The Labute approximate surface area is 120 Å². The molecule has 0 fully saturated rings. The van der Waals surface area contributed by atoms with E-state index in [1.165, 1.54) is 0 Å². The molecule has 1 heterocycles. The first-order valence-corrected chi connectivity index (χ1v) is 7.53. The van der Waals surface area contributed by atoms with E-state index >= 15 is 0 Å². The van der Waals surface area contributed by atoms with Gasteiger partial charge in [-0.15, -0.1) is 0 Å². The molecule has 2 rings (SSSR count). The van der Waals surface area contributed by atoms with E-state index in [9.17, 15) is 4.21 Å². The number of hydrogen-bond acceptors (Lipinski definition) is 3. The predicted molar refractivity (Wildman–Crippen MR) is 79.7 cm³/mol. The number of nitrogens with two attached hydrogens (primary N) is 1. The van der Waals surface area contributed by atoms with E-state index in [1.807, 2.05) is 13.8 Å². The number of nitrogens with zero attached hydrogens (tertiary/aromatic N) is 1. The van der Waals surface area contributed by atoms with Crippen molar-refractivity contribution in [3.05, 3.63) is 52.3 Å². The lowest BCUT2D eigenvalue weighted by atomic mass is 10.1. The molecule has 1 unspecified atom stereocenters. The van der Waals surface area contributed by atoms with Gasteiger partial charge in [-0.05, 0) is 49.2 Å². The summed E-state index contributed by atoms with van der Waals surface area (Å²) in [5, 5.41) is 0.634. The van der Waals surface area contributed by atoms with E-state index in [0.717, 1.165) is 27.4 Å². The average Bonchev–Trinajstić information content (AvgIpc) is 2.40. The molecule has 0 saturated heterocycles. The van der Waals surface area contributed by atoms with E-state index < -0.39 is 10.8 Å². The van der Waals surface area contributed by atoms with E-state index in [4.69, 9.17) is 17.3 Å². The molecular weight excluding hydrogens is 280 g/mol. The Hall–Kier alpha value is -1.39. The second-order valence-corrected chi connectivity index (χ2v) is 6.26. The molecule has 0 aliphatic heterocycles. The summed E-state index contributed by atoms with van der Waals surface area (Å²) in [4.78, 5) is 5.06. The Morgan fingerprint density at radius 2 is 1.89 bits per heavy atom. The SMILES string of the molecule is Cc1cnc(CS(=O)c2ccc(Cl)cc2)c(C)c1N. The topological polar surface area (TPSA) is 56.0 Å². The fraction of sp³-hybridized carbons (Fsp3) is 0.214. The maximum absolute atomic E-state index is 12.3. The number of nitrogen functional groups attached to an aromatic ring is 1. The molecule has 3 nitrogen and oxygen atoms in total. The van der Waals surface area contributed by atoms with Crippen LogP contribution < -0.4 is 5.73 Å². The summed E-state index contributed by atoms with van der Waals surface area (Å²) in [6, 6.07) is 7.01. The van der Waals surface area contributed by atoms with Gasteiger partial charge in [-0.1, -0.05) is 11.6 Å². The normalized spacial score (nSPS) is 12.4. The number of anilines is 1. The van der Waals surface area contributed by atoms with Crippen molar-refractivity contribution in [3.63, 3.8) is 0 Å². The quantitative estimate of drug-likeness (QED) is 0.945. The minimum atomic E-state index is -1.14. The van der Waals surface area contributed by atoms with Crippen molar-refractivity contribution in [1.29, 1.82) is 0 Å². The highest BCUT2D eigenvalue weighted by Crippen LogP contribution is 2.21. The first kappa shape index (κ1) is 14.0. The molecule has 0 aliphatic rings. The van der Waals surface area contributed by atoms with Gasteiger partial charge >= 0.3 is 0 Å². The van der Waals surface area contributed by atoms with E-state index in [1.54, 1.807) is 30.5 Å². The van der Waals surface area contributed by atoms with Crippen molar-refractivity contribution in [2.45, 2.75) is 24.5 Å². The zero-order valence-electron chi connectivity index (χ0n) is 10.8. The van der Waals surface area contributed by atoms with Crippen LogP contribution in [-0.4, -0.2) is 9.19 Å². The lowest BCUT2D eigenvalue weighted by Crippen LogP contribution is -2.05. The van der Waals surface area contributed by atoms with Crippen LogP contribution in [0.25, 0.3) is 0 Å². The summed E-state index contributed by atoms with van der Waals surface area (Å²) < 4.78 is 12.3. The van der Waals surface area contributed by atoms with Gasteiger partial charge in [0.05, 0.1) is 22.2 Å². The maximum Gasteiger partial charge on any atom is 0.0709 e. The molecule has 0 aliphatic carbocycles. The molecule has 1 aromatic carbocycles. The fourth-order valence-electron chi connectivity index (χ4n) is 1.73. The first-order valence-electron chi connectivity index (χ1n) is 5.83.